The molecule has 1 atom stereocenters. The Labute approximate surface area is 113 Å². The summed E-state index contributed by atoms with van der Waals surface area (Å²) in [5.74, 6) is -0.409. The monoisotopic (exact) mass is 264 g/mol. The number of esters is 1. The van der Waals surface area contributed by atoms with Crippen molar-refractivity contribution in [1.82, 2.24) is 0 Å². The molecule has 1 aromatic rings. The highest BCUT2D eigenvalue weighted by Crippen LogP contribution is 2.28. The molecule has 5 nitrogen and oxygen atoms in total. The number of hydrogen-bond acceptors (Lipinski definition) is 5. The maximum Gasteiger partial charge on any atom is 0.340 e. The summed E-state index contributed by atoms with van der Waals surface area (Å²) in [6.07, 6.45) is 0.714. The van der Waals surface area contributed by atoms with Gasteiger partial charge in [0.05, 0.1) is 17.8 Å². The minimum atomic E-state index is -0.675. The van der Waals surface area contributed by atoms with Gasteiger partial charge in [0.15, 0.2) is 0 Å². The van der Waals surface area contributed by atoms with Crippen molar-refractivity contribution in [2.75, 3.05) is 30.3 Å². The molecule has 1 aliphatic rings. The van der Waals surface area contributed by atoms with Crippen LogP contribution >= 0.6 is 0 Å². The molecule has 0 aliphatic carbocycles. The van der Waals surface area contributed by atoms with Crippen LogP contribution in [0.15, 0.2) is 18.2 Å². The van der Waals surface area contributed by atoms with Gasteiger partial charge in [-0.3, -0.25) is 0 Å². The fraction of sp³-hybridized carbons (Fsp3) is 0.500. The molecule has 0 aromatic heterocycles. The Bertz CT molecular complexity index is 486. The molecule has 1 aliphatic heterocycles. The molecule has 2 rings (SSSR count). The van der Waals surface area contributed by atoms with Crippen LogP contribution in [0, 0.1) is 0 Å². The van der Waals surface area contributed by atoms with Crippen LogP contribution in [0.1, 0.15) is 30.6 Å². The van der Waals surface area contributed by atoms with E-state index in [1.807, 2.05) is 17.9 Å². The van der Waals surface area contributed by atoms with E-state index >= 15 is 0 Å². The van der Waals surface area contributed by atoms with E-state index in [2.05, 4.69) is 0 Å². The van der Waals surface area contributed by atoms with Crippen LogP contribution in [-0.4, -0.2) is 36.4 Å². The van der Waals surface area contributed by atoms with Crippen molar-refractivity contribution in [3.8, 4) is 0 Å². The second-order valence-corrected chi connectivity index (χ2v) is 5.16. The van der Waals surface area contributed by atoms with Gasteiger partial charge in [0.25, 0.3) is 0 Å². The number of nitrogens with two attached hydrogens (primary N) is 1. The molecule has 3 N–H and O–H groups in total. The highest BCUT2D eigenvalue weighted by Gasteiger charge is 2.31. The third-order valence-corrected chi connectivity index (χ3v) is 3.35. The second kappa shape index (κ2) is 5.09. The molecule has 0 spiro atoms. The standard InChI is InChI=1S/C14H20N2O3/c1-3-19-13(17)11-8-10(4-5-12(11)15)16-7-6-14(2,18)9-16/h4-5,8,18H,3,6-7,9,15H2,1-2H3. The molecule has 19 heavy (non-hydrogen) atoms. The predicted octanol–water partition coefficient (Wildman–Crippen LogP) is 1.41. The summed E-state index contributed by atoms with van der Waals surface area (Å²) in [5.41, 5.74) is 6.80. The largest absolute Gasteiger partial charge is 0.462 e. The van der Waals surface area contributed by atoms with Gasteiger partial charge in [-0.05, 0) is 38.5 Å². The van der Waals surface area contributed by atoms with Crippen molar-refractivity contribution in [3.63, 3.8) is 0 Å². The first-order valence-corrected chi connectivity index (χ1v) is 6.47. The zero-order valence-corrected chi connectivity index (χ0v) is 11.3. The first-order chi connectivity index (χ1) is 8.93. The van der Waals surface area contributed by atoms with Gasteiger partial charge in [0.2, 0.25) is 0 Å². The lowest BCUT2D eigenvalue weighted by Gasteiger charge is -2.21. The Morgan fingerprint density at radius 1 is 1.58 bits per heavy atom. The van der Waals surface area contributed by atoms with Gasteiger partial charge in [-0.2, -0.15) is 0 Å². The number of anilines is 2. The highest BCUT2D eigenvalue weighted by molar-refractivity contribution is 5.96. The molecule has 0 bridgehead atoms. The number of nitrogens with zero attached hydrogens (tertiary/aromatic N) is 1. The van der Waals surface area contributed by atoms with Gasteiger partial charge in [0, 0.05) is 24.5 Å². The highest BCUT2D eigenvalue weighted by atomic mass is 16.5. The Hall–Kier alpha value is -1.75. The van der Waals surface area contributed by atoms with E-state index in [1.54, 1.807) is 19.1 Å². The van der Waals surface area contributed by atoms with Crippen molar-refractivity contribution in [2.24, 2.45) is 0 Å². The average Bonchev–Trinajstić information content (AvgIpc) is 2.70. The Morgan fingerprint density at radius 2 is 2.32 bits per heavy atom. The van der Waals surface area contributed by atoms with Crippen molar-refractivity contribution in [1.29, 1.82) is 0 Å². The summed E-state index contributed by atoms with van der Waals surface area (Å²) in [7, 11) is 0. The van der Waals surface area contributed by atoms with Gasteiger partial charge >= 0.3 is 5.97 Å². The lowest BCUT2D eigenvalue weighted by atomic mass is 10.1. The molecule has 1 heterocycles. The van der Waals surface area contributed by atoms with E-state index < -0.39 is 11.6 Å². The summed E-state index contributed by atoms with van der Waals surface area (Å²) < 4.78 is 4.98. The van der Waals surface area contributed by atoms with Crippen LogP contribution < -0.4 is 10.6 Å². The number of hydrogen-bond donors (Lipinski definition) is 2. The average molecular weight is 264 g/mol. The number of carbonyl (C=O) groups is 1. The molecule has 0 saturated carbocycles. The summed E-state index contributed by atoms with van der Waals surface area (Å²) in [6, 6.07) is 5.29. The minimum absolute atomic E-state index is 0.320. The SMILES string of the molecule is CCOC(=O)c1cc(N2CCC(C)(O)C2)ccc1N. The van der Waals surface area contributed by atoms with Crippen LogP contribution in [0.3, 0.4) is 0 Å². The summed E-state index contributed by atoms with van der Waals surface area (Å²) >= 11 is 0. The Morgan fingerprint density at radius 3 is 2.89 bits per heavy atom. The third kappa shape index (κ3) is 2.98. The van der Waals surface area contributed by atoms with E-state index in [-0.39, 0.29) is 0 Å². The fourth-order valence-electron chi connectivity index (χ4n) is 2.29. The Kier molecular flexibility index (Phi) is 3.66. The first-order valence-electron chi connectivity index (χ1n) is 6.47. The van der Waals surface area contributed by atoms with E-state index in [4.69, 9.17) is 10.5 Å². The van der Waals surface area contributed by atoms with E-state index in [1.165, 1.54) is 0 Å². The number of nitrogen functional groups attached to an aromatic ring is 1. The van der Waals surface area contributed by atoms with E-state index in [0.717, 1.165) is 12.2 Å². The number of carbonyl (C=O) groups excluding carboxylic acids is 1. The maximum absolute atomic E-state index is 11.8. The van der Waals surface area contributed by atoms with Gasteiger partial charge in [0.1, 0.15) is 0 Å². The number of ether oxygens (including phenoxy) is 1. The first kappa shape index (κ1) is 13.7. The molecule has 0 radical (unpaired) electrons. The lowest BCUT2D eigenvalue weighted by Crippen LogP contribution is -2.29. The molecule has 1 saturated heterocycles. The van der Waals surface area contributed by atoms with Gasteiger partial charge in [-0.15, -0.1) is 0 Å². The number of rotatable bonds is 3. The van der Waals surface area contributed by atoms with E-state index in [0.29, 0.717) is 30.8 Å². The van der Waals surface area contributed by atoms with Crippen LogP contribution in [0.2, 0.25) is 0 Å². The Balaban J connectivity index is 2.24. The molecule has 0 amide bonds. The van der Waals surface area contributed by atoms with Gasteiger partial charge in [-0.25, -0.2) is 4.79 Å². The number of aliphatic hydroxyl groups is 1. The normalized spacial score (nSPS) is 22.6. The van der Waals surface area contributed by atoms with E-state index in [9.17, 15) is 9.90 Å². The van der Waals surface area contributed by atoms with Crippen molar-refractivity contribution in [2.45, 2.75) is 25.9 Å². The predicted molar refractivity (Wildman–Crippen MR) is 74.3 cm³/mol. The van der Waals surface area contributed by atoms with Crippen LogP contribution in [-0.2, 0) is 4.74 Å². The van der Waals surface area contributed by atoms with Crippen molar-refractivity contribution < 1.29 is 14.6 Å². The maximum atomic E-state index is 11.8. The van der Waals surface area contributed by atoms with Gasteiger partial charge < -0.3 is 20.5 Å². The zero-order chi connectivity index (χ0) is 14.0. The van der Waals surface area contributed by atoms with Crippen LogP contribution in [0.25, 0.3) is 0 Å². The smallest absolute Gasteiger partial charge is 0.340 e. The van der Waals surface area contributed by atoms with Crippen molar-refractivity contribution >= 4 is 17.3 Å². The molecular weight excluding hydrogens is 244 g/mol. The molecule has 1 fully saturated rings. The third-order valence-electron chi connectivity index (χ3n) is 3.35. The van der Waals surface area contributed by atoms with Gasteiger partial charge in [-0.1, -0.05) is 0 Å². The fourth-order valence-corrected chi connectivity index (χ4v) is 2.29. The number of β-amino-alcohol motifs (C(OH)–C–C–N with tert-alkyl or cyclic N) is 1. The van der Waals surface area contributed by atoms with Crippen LogP contribution in [0.4, 0.5) is 11.4 Å². The molecule has 5 heteroatoms. The van der Waals surface area contributed by atoms with Crippen LogP contribution in [0.5, 0.6) is 0 Å². The minimum Gasteiger partial charge on any atom is -0.462 e. The topological polar surface area (TPSA) is 75.8 Å². The zero-order valence-electron chi connectivity index (χ0n) is 11.3. The summed E-state index contributed by atoms with van der Waals surface area (Å²) in [6.45, 7) is 5.21. The molecular formula is C14H20N2O3. The number of benzene rings is 1. The summed E-state index contributed by atoms with van der Waals surface area (Å²) in [4.78, 5) is 13.8. The quantitative estimate of drug-likeness (QED) is 0.637. The lowest BCUT2D eigenvalue weighted by molar-refractivity contribution is 0.0527. The molecule has 104 valence electrons. The van der Waals surface area contributed by atoms with Crippen molar-refractivity contribution in [3.05, 3.63) is 23.8 Å². The summed E-state index contributed by atoms with van der Waals surface area (Å²) in [5, 5.41) is 9.99. The second-order valence-electron chi connectivity index (χ2n) is 5.16. The molecule has 1 aromatic carbocycles. The molecule has 1 unspecified atom stereocenters.